The van der Waals surface area contributed by atoms with Gasteiger partial charge >= 0.3 is 6.03 Å². The maximum atomic E-state index is 12.1. The number of carbonyl (C=O) groups is 3. The van der Waals surface area contributed by atoms with E-state index in [2.05, 4.69) is 24.5 Å². The summed E-state index contributed by atoms with van der Waals surface area (Å²) in [7, 11) is 0. The first-order valence-corrected chi connectivity index (χ1v) is 7.94. The Morgan fingerprint density at radius 1 is 1.26 bits per heavy atom. The van der Waals surface area contributed by atoms with Crippen LogP contribution in [0.3, 0.4) is 0 Å². The van der Waals surface area contributed by atoms with E-state index in [1.54, 1.807) is 0 Å². The molecule has 0 aliphatic carbocycles. The third kappa shape index (κ3) is 4.09. The molecule has 2 rings (SSSR count). The molecule has 1 heterocycles. The third-order valence-corrected chi connectivity index (χ3v) is 3.85. The highest BCUT2D eigenvalue weighted by atomic mass is 16.2. The molecule has 2 N–H and O–H groups in total. The summed E-state index contributed by atoms with van der Waals surface area (Å²) in [4.78, 5) is 36.9. The molecule has 1 atom stereocenters. The van der Waals surface area contributed by atoms with Crippen molar-refractivity contribution in [1.82, 2.24) is 10.2 Å². The predicted octanol–water partition coefficient (Wildman–Crippen LogP) is 2.47. The van der Waals surface area contributed by atoms with Crippen LogP contribution in [0.2, 0.25) is 0 Å². The second-order valence-electron chi connectivity index (χ2n) is 6.04. The van der Waals surface area contributed by atoms with E-state index in [1.165, 1.54) is 5.56 Å². The Morgan fingerprint density at radius 3 is 2.48 bits per heavy atom. The lowest BCUT2D eigenvalue weighted by molar-refractivity contribution is -0.130. The van der Waals surface area contributed by atoms with Crippen LogP contribution in [0.4, 0.5) is 10.5 Å². The van der Waals surface area contributed by atoms with Crippen molar-refractivity contribution in [2.24, 2.45) is 0 Å². The summed E-state index contributed by atoms with van der Waals surface area (Å²) < 4.78 is 0. The van der Waals surface area contributed by atoms with Gasteiger partial charge in [0.2, 0.25) is 5.91 Å². The fraction of sp³-hybridized carbons (Fsp3) is 0.471. The normalized spacial score (nSPS) is 17.6. The molecule has 6 heteroatoms. The smallest absolute Gasteiger partial charge is 0.325 e. The number of amides is 4. The van der Waals surface area contributed by atoms with Crippen molar-refractivity contribution in [2.45, 2.75) is 45.6 Å². The van der Waals surface area contributed by atoms with E-state index in [1.807, 2.05) is 31.2 Å². The van der Waals surface area contributed by atoms with Gasteiger partial charge in [0, 0.05) is 5.69 Å². The number of hydrogen-bond acceptors (Lipinski definition) is 3. The van der Waals surface area contributed by atoms with Crippen LogP contribution >= 0.6 is 0 Å². The maximum absolute atomic E-state index is 12.1. The number of imide groups is 1. The Kier molecular flexibility index (Phi) is 5.36. The van der Waals surface area contributed by atoms with Gasteiger partial charge in [0.15, 0.2) is 0 Å². The van der Waals surface area contributed by atoms with Crippen LogP contribution in [0.15, 0.2) is 24.3 Å². The lowest BCUT2D eigenvalue weighted by Crippen LogP contribution is -2.38. The number of nitrogens with one attached hydrogen (secondary N) is 2. The Balaban J connectivity index is 1.94. The standard InChI is InChI=1S/C17H23N3O3/c1-4-5-14-16(22)20(17(23)19-14)10-15(21)18-13-8-6-12(7-9-13)11(2)3/h6-9,11,14H,4-5,10H2,1-3H3,(H,18,21)(H,19,23)/t14-/m1/s1. The molecule has 0 unspecified atom stereocenters. The Labute approximate surface area is 136 Å². The van der Waals surface area contributed by atoms with Crippen molar-refractivity contribution in [2.75, 3.05) is 11.9 Å². The number of urea groups is 1. The summed E-state index contributed by atoms with van der Waals surface area (Å²) in [5.74, 6) is -0.300. The van der Waals surface area contributed by atoms with Crippen molar-refractivity contribution in [3.8, 4) is 0 Å². The van der Waals surface area contributed by atoms with E-state index < -0.39 is 12.1 Å². The van der Waals surface area contributed by atoms with E-state index >= 15 is 0 Å². The minimum Gasteiger partial charge on any atom is -0.326 e. The first-order valence-electron chi connectivity index (χ1n) is 7.94. The number of benzene rings is 1. The average Bonchev–Trinajstić information content (AvgIpc) is 2.76. The molecule has 1 aliphatic rings. The van der Waals surface area contributed by atoms with Gasteiger partial charge in [-0.25, -0.2) is 4.79 Å². The van der Waals surface area contributed by atoms with Gasteiger partial charge < -0.3 is 10.6 Å². The molecule has 1 aromatic carbocycles. The average molecular weight is 317 g/mol. The number of carbonyl (C=O) groups excluding carboxylic acids is 3. The fourth-order valence-corrected chi connectivity index (χ4v) is 2.51. The molecule has 4 amide bonds. The topological polar surface area (TPSA) is 78.5 Å². The van der Waals surface area contributed by atoms with Crippen LogP contribution in [-0.4, -0.2) is 35.3 Å². The van der Waals surface area contributed by atoms with Crippen LogP contribution in [0.1, 0.15) is 45.1 Å². The Bertz CT molecular complexity index is 596. The SMILES string of the molecule is CCC[C@H]1NC(=O)N(CC(=O)Nc2ccc(C(C)C)cc2)C1=O. The quantitative estimate of drug-likeness (QED) is 0.791. The third-order valence-electron chi connectivity index (χ3n) is 3.85. The summed E-state index contributed by atoms with van der Waals surface area (Å²) in [5.41, 5.74) is 1.83. The molecule has 0 spiro atoms. The molecule has 0 bridgehead atoms. The molecule has 0 saturated carbocycles. The monoisotopic (exact) mass is 317 g/mol. The highest BCUT2D eigenvalue weighted by Crippen LogP contribution is 2.17. The van der Waals surface area contributed by atoms with Gasteiger partial charge in [0.25, 0.3) is 5.91 Å². The molecule has 1 fully saturated rings. The lowest BCUT2D eigenvalue weighted by atomic mass is 10.0. The van der Waals surface area contributed by atoms with Crippen molar-refractivity contribution in [1.29, 1.82) is 0 Å². The first-order chi connectivity index (χ1) is 10.9. The molecule has 0 radical (unpaired) electrons. The number of hydrogen-bond donors (Lipinski definition) is 2. The van der Waals surface area contributed by atoms with E-state index in [0.717, 1.165) is 11.3 Å². The highest BCUT2D eigenvalue weighted by molar-refractivity contribution is 6.07. The minimum atomic E-state index is -0.509. The predicted molar refractivity (Wildman–Crippen MR) is 88.1 cm³/mol. The zero-order valence-corrected chi connectivity index (χ0v) is 13.8. The lowest BCUT2D eigenvalue weighted by Gasteiger charge is -2.13. The second kappa shape index (κ2) is 7.26. The zero-order chi connectivity index (χ0) is 17.0. The largest absolute Gasteiger partial charge is 0.326 e. The number of rotatable bonds is 6. The summed E-state index contributed by atoms with van der Waals surface area (Å²) in [5, 5.41) is 5.31. The van der Waals surface area contributed by atoms with Crippen molar-refractivity contribution in [3.63, 3.8) is 0 Å². The van der Waals surface area contributed by atoms with Crippen LogP contribution in [0.25, 0.3) is 0 Å². The van der Waals surface area contributed by atoms with Crippen molar-refractivity contribution < 1.29 is 14.4 Å². The first kappa shape index (κ1) is 17.0. The van der Waals surface area contributed by atoms with Gasteiger partial charge in [-0.3, -0.25) is 14.5 Å². The van der Waals surface area contributed by atoms with Gasteiger partial charge in [0.1, 0.15) is 12.6 Å². The summed E-state index contributed by atoms with van der Waals surface area (Å²) in [6, 6.07) is 6.53. The van der Waals surface area contributed by atoms with Crippen LogP contribution in [0.5, 0.6) is 0 Å². The highest BCUT2D eigenvalue weighted by Gasteiger charge is 2.38. The summed E-state index contributed by atoms with van der Waals surface area (Å²) >= 11 is 0. The summed E-state index contributed by atoms with van der Waals surface area (Å²) in [6.07, 6.45) is 1.37. The van der Waals surface area contributed by atoms with Crippen LogP contribution in [0, 0.1) is 0 Å². The number of anilines is 1. The van der Waals surface area contributed by atoms with Gasteiger partial charge in [-0.2, -0.15) is 0 Å². The van der Waals surface area contributed by atoms with Gasteiger partial charge in [-0.05, 0) is 30.0 Å². The molecule has 23 heavy (non-hydrogen) atoms. The summed E-state index contributed by atoms with van der Waals surface area (Å²) in [6.45, 7) is 5.86. The molecule has 0 aromatic heterocycles. The van der Waals surface area contributed by atoms with Gasteiger partial charge in [-0.15, -0.1) is 0 Å². The second-order valence-corrected chi connectivity index (χ2v) is 6.04. The number of nitrogens with zero attached hydrogens (tertiary/aromatic N) is 1. The van der Waals surface area contributed by atoms with E-state index in [9.17, 15) is 14.4 Å². The molecule has 1 aliphatic heterocycles. The van der Waals surface area contributed by atoms with E-state index in [0.29, 0.717) is 18.0 Å². The molecular formula is C17H23N3O3. The van der Waals surface area contributed by atoms with Crippen LogP contribution in [-0.2, 0) is 9.59 Å². The van der Waals surface area contributed by atoms with E-state index in [4.69, 9.17) is 0 Å². The molecule has 1 aromatic rings. The van der Waals surface area contributed by atoms with Gasteiger partial charge in [-0.1, -0.05) is 39.3 Å². The van der Waals surface area contributed by atoms with E-state index in [-0.39, 0.29) is 18.4 Å². The Hall–Kier alpha value is -2.37. The van der Waals surface area contributed by atoms with Gasteiger partial charge in [0.05, 0.1) is 0 Å². The Morgan fingerprint density at radius 2 is 1.91 bits per heavy atom. The van der Waals surface area contributed by atoms with Crippen LogP contribution < -0.4 is 10.6 Å². The molecule has 124 valence electrons. The molecular weight excluding hydrogens is 294 g/mol. The minimum absolute atomic E-state index is 0.267. The maximum Gasteiger partial charge on any atom is 0.325 e. The molecule has 6 nitrogen and oxygen atoms in total. The van der Waals surface area contributed by atoms with Crippen molar-refractivity contribution in [3.05, 3.63) is 29.8 Å². The zero-order valence-electron chi connectivity index (χ0n) is 13.8. The van der Waals surface area contributed by atoms with Crippen molar-refractivity contribution >= 4 is 23.5 Å². The fourth-order valence-electron chi connectivity index (χ4n) is 2.51. The molecule has 1 saturated heterocycles.